The van der Waals surface area contributed by atoms with Gasteiger partial charge in [-0.15, -0.1) is 0 Å². The van der Waals surface area contributed by atoms with E-state index in [1.807, 2.05) is 50.2 Å². The molecule has 19 nitrogen and oxygen atoms in total. The second kappa shape index (κ2) is 27.0. The number of unbranched alkanes of at least 4 members (excludes halogenated alkanes) is 1. The molecule has 2 fully saturated rings. The number of piperidine rings is 1. The number of nitrogens with one attached hydrogen (secondary N) is 6. The van der Waals surface area contributed by atoms with Gasteiger partial charge in [0.25, 0.3) is 0 Å². The Labute approximate surface area is 428 Å². The maximum Gasteiger partial charge on any atom is 0.408 e. The van der Waals surface area contributed by atoms with Crippen molar-refractivity contribution in [3.05, 3.63) is 108 Å². The van der Waals surface area contributed by atoms with Gasteiger partial charge in [-0.1, -0.05) is 105 Å². The van der Waals surface area contributed by atoms with Crippen LogP contribution in [-0.4, -0.2) is 131 Å². The van der Waals surface area contributed by atoms with Gasteiger partial charge in [-0.05, 0) is 88.8 Å². The molecule has 5 atom stereocenters. The molecule has 0 unspecified atom stereocenters. The summed E-state index contributed by atoms with van der Waals surface area (Å²) in [4.78, 5) is 110. The number of rotatable bonds is 23. The fourth-order valence-electron chi connectivity index (χ4n) is 8.96. The Bertz CT molecular complexity index is 2310. The van der Waals surface area contributed by atoms with Gasteiger partial charge in [0.1, 0.15) is 42.4 Å². The highest BCUT2D eigenvalue weighted by atomic mass is 16.6. The second-order valence-corrected chi connectivity index (χ2v) is 20.6. The quantitative estimate of drug-likeness (QED) is 0.0618. The zero-order valence-electron chi connectivity index (χ0n) is 42.9. The van der Waals surface area contributed by atoms with Gasteiger partial charge in [0, 0.05) is 51.0 Å². The van der Waals surface area contributed by atoms with Crippen LogP contribution in [0.4, 0.5) is 14.4 Å². The third kappa shape index (κ3) is 18.7. The second-order valence-electron chi connectivity index (χ2n) is 20.6. The van der Waals surface area contributed by atoms with Crippen molar-refractivity contribution in [2.45, 2.75) is 135 Å². The molecule has 0 bridgehead atoms. The van der Waals surface area contributed by atoms with Crippen molar-refractivity contribution in [1.29, 1.82) is 0 Å². The Morgan fingerprint density at radius 3 is 1.62 bits per heavy atom. The minimum atomic E-state index is -1.41. The van der Waals surface area contributed by atoms with Crippen LogP contribution in [0.3, 0.4) is 0 Å². The molecule has 73 heavy (non-hydrogen) atoms. The molecule has 5 rings (SSSR count). The molecule has 1 spiro atoms. The fraction of sp³-hybridized carbons (Fsp3) is 0.519. The first-order chi connectivity index (χ1) is 34.7. The van der Waals surface area contributed by atoms with Crippen LogP contribution in [0.1, 0.15) is 96.8 Å². The molecule has 2 aliphatic rings. The summed E-state index contributed by atoms with van der Waals surface area (Å²) in [5, 5.41) is 25.8. The largest absolute Gasteiger partial charge is 0.465 e. The average molecular weight is 1010 g/mol. The summed E-state index contributed by atoms with van der Waals surface area (Å²) in [6, 6.07) is 21.7. The third-order valence-corrected chi connectivity index (χ3v) is 12.8. The SMILES string of the molecule is CC(C)C[C@@H](NC(=O)[C@@H](Cc1ccccc1)NC(=O)[C@@H](Cc1ccccc1)NC(=O)O)C(=O)N[C@H](CCCCNC(=O)OC(C)(C)C)C(=O)N1CC2(CCN(C(=O)[C@@H](C)NC(=O)OCc3ccccc3)CC2)C1. The molecule has 0 radical (unpaired) electrons. The molecule has 2 saturated heterocycles. The molecule has 2 heterocycles. The summed E-state index contributed by atoms with van der Waals surface area (Å²) in [5.41, 5.74) is 1.30. The lowest BCUT2D eigenvalue weighted by Crippen LogP contribution is -2.66. The monoisotopic (exact) mass is 1010 g/mol. The number of nitrogens with zero attached hydrogens (tertiary/aromatic N) is 2. The van der Waals surface area contributed by atoms with Crippen molar-refractivity contribution in [1.82, 2.24) is 41.7 Å². The number of likely N-dealkylation sites (tertiary alicyclic amines) is 2. The van der Waals surface area contributed by atoms with Crippen LogP contribution in [0.2, 0.25) is 0 Å². The number of hydrogen-bond donors (Lipinski definition) is 7. The minimum Gasteiger partial charge on any atom is -0.465 e. The van der Waals surface area contributed by atoms with Crippen molar-refractivity contribution >= 4 is 47.8 Å². The van der Waals surface area contributed by atoms with Gasteiger partial charge in [-0.25, -0.2) is 14.4 Å². The van der Waals surface area contributed by atoms with Gasteiger partial charge in [-0.2, -0.15) is 0 Å². The Hall–Kier alpha value is -7.18. The topological polar surface area (TPSA) is 254 Å². The zero-order valence-corrected chi connectivity index (χ0v) is 42.9. The number of benzene rings is 3. The first-order valence-corrected chi connectivity index (χ1v) is 25.2. The van der Waals surface area contributed by atoms with E-state index >= 15 is 0 Å². The van der Waals surface area contributed by atoms with Gasteiger partial charge in [-0.3, -0.25) is 24.0 Å². The van der Waals surface area contributed by atoms with Crippen LogP contribution in [-0.2, 0) is 52.9 Å². The lowest BCUT2D eigenvalue weighted by Gasteiger charge is -2.54. The molecule has 3 aromatic carbocycles. The molecule has 3 aromatic rings. The number of hydrogen-bond acceptors (Lipinski definition) is 10. The van der Waals surface area contributed by atoms with Crippen molar-refractivity contribution in [2.75, 3.05) is 32.7 Å². The van der Waals surface area contributed by atoms with Gasteiger partial charge in [0.2, 0.25) is 29.5 Å². The first-order valence-electron chi connectivity index (χ1n) is 25.2. The van der Waals surface area contributed by atoms with Crippen molar-refractivity contribution < 1.29 is 52.9 Å². The van der Waals surface area contributed by atoms with E-state index in [0.29, 0.717) is 63.0 Å². The molecular weight excluding hydrogens is 937 g/mol. The van der Waals surface area contributed by atoms with Crippen LogP contribution in [0.15, 0.2) is 91.0 Å². The predicted octanol–water partition coefficient (Wildman–Crippen LogP) is 5.07. The smallest absolute Gasteiger partial charge is 0.408 e. The lowest BCUT2D eigenvalue weighted by atomic mass is 9.71. The summed E-state index contributed by atoms with van der Waals surface area (Å²) in [7, 11) is 0. The van der Waals surface area contributed by atoms with Gasteiger partial charge >= 0.3 is 18.3 Å². The van der Waals surface area contributed by atoms with E-state index < -0.39 is 71.8 Å². The van der Waals surface area contributed by atoms with Gasteiger partial charge < -0.3 is 56.3 Å². The molecular formula is C54H74N8O11. The van der Waals surface area contributed by atoms with E-state index in [4.69, 9.17) is 9.47 Å². The highest BCUT2D eigenvalue weighted by molar-refractivity contribution is 5.95. The molecule has 0 aromatic heterocycles. The number of carbonyl (C=O) groups excluding carboxylic acids is 7. The summed E-state index contributed by atoms with van der Waals surface area (Å²) >= 11 is 0. The van der Waals surface area contributed by atoms with E-state index in [-0.39, 0.29) is 62.0 Å². The molecule has 0 saturated carbocycles. The van der Waals surface area contributed by atoms with Crippen molar-refractivity contribution in [3.8, 4) is 0 Å². The molecule has 2 aliphatic heterocycles. The van der Waals surface area contributed by atoms with Crippen LogP contribution in [0.25, 0.3) is 0 Å². The number of alkyl carbamates (subject to hydrolysis) is 2. The Morgan fingerprint density at radius 1 is 0.603 bits per heavy atom. The first kappa shape index (κ1) is 56.7. The van der Waals surface area contributed by atoms with Crippen molar-refractivity contribution in [2.24, 2.45) is 11.3 Å². The maximum atomic E-state index is 14.4. The highest BCUT2D eigenvalue weighted by Crippen LogP contribution is 2.41. The zero-order chi connectivity index (χ0) is 53.1. The van der Waals surface area contributed by atoms with Crippen LogP contribution < -0.4 is 31.9 Å². The van der Waals surface area contributed by atoms with Crippen LogP contribution in [0, 0.1) is 11.3 Å². The maximum absolute atomic E-state index is 14.4. The summed E-state index contributed by atoms with van der Waals surface area (Å²) in [6.45, 7) is 12.7. The fourth-order valence-corrected chi connectivity index (χ4v) is 8.96. The number of carboxylic acid groups (broad SMARTS) is 1. The highest BCUT2D eigenvalue weighted by Gasteiger charge is 2.49. The van der Waals surface area contributed by atoms with Gasteiger partial charge in [0.05, 0.1) is 0 Å². The standard InChI is InChI=1S/C54H74N8O11/c1-36(2)30-42(58-46(64)43(31-38-18-10-7-11-19-38)59-47(65)44(60-50(68)69)32-39-20-12-8-13-21-39)45(63)57-41(24-16-17-27-55-51(70)73-53(4,5)6)49(67)62-34-54(35-62)25-28-61(29-26-54)48(66)37(3)56-52(71)72-33-40-22-14-9-15-23-40/h7-15,18-23,36-37,41-44,60H,16-17,24-35H2,1-6H3,(H,55,70)(H,56,71)(H,57,63)(H,58,64)(H,59,65)(H,68,69)/t37-,41-,42-,43-,44-/m1/s1. The Balaban J connectivity index is 1.24. The van der Waals surface area contributed by atoms with Crippen LogP contribution >= 0.6 is 0 Å². The minimum absolute atomic E-state index is 0.0202. The third-order valence-electron chi connectivity index (χ3n) is 12.8. The number of carbonyl (C=O) groups is 8. The van der Waals surface area contributed by atoms with Crippen LogP contribution in [0.5, 0.6) is 0 Å². The number of amides is 8. The number of ether oxygens (including phenoxy) is 2. The van der Waals surface area contributed by atoms with E-state index in [1.165, 1.54) is 0 Å². The van der Waals surface area contributed by atoms with Crippen molar-refractivity contribution in [3.63, 3.8) is 0 Å². The predicted molar refractivity (Wildman–Crippen MR) is 273 cm³/mol. The summed E-state index contributed by atoms with van der Waals surface area (Å²) < 4.78 is 10.6. The van der Waals surface area contributed by atoms with E-state index in [9.17, 15) is 43.5 Å². The van der Waals surface area contributed by atoms with E-state index in [0.717, 1.165) is 5.56 Å². The Kier molecular flexibility index (Phi) is 21.0. The molecule has 19 heteroatoms. The van der Waals surface area contributed by atoms with E-state index in [2.05, 4.69) is 31.9 Å². The molecule has 0 aliphatic carbocycles. The summed E-state index contributed by atoms with van der Waals surface area (Å²) in [6.07, 6.45) is -0.0525. The summed E-state index contributed by atoms with van der Waals surface area (Å²) in [5.74, 6) is -2.63. The molecule has 8 amide bonds. The molecule has 7 N–H and O–H groups in total. The Morgan fingerprint density at radius 2 is 1.10 bits per heavy atom. The van der Waals surface area contributed by atoms with Gasteiger partial charge in [0.15, 0.2) is 0 Å². The average Bonchev–Trinajstić information content (AvgIpc) is 3.33. The lowest BCUT2D eigenvalue weighted by molar-refractivity contribution is -0.153. The van der Waals surface area contributed by atoms with E-state index in [1.54, 1.807) is 92.1 Å². The molecule has 396 valence electrons. The normalized spacial score (nSPS) is 16.0.